The van der Waals surface area contributed by atoms with Crippen LogP contribution in [-0.4, -0.2) is 48.0 Å². The number of anilines is 1. The number of likely N-dealkylation sites (N-methyl/N-ethyl adjacent to an activating group) is 1. The molecule has 0 saturated carbocycles. The van der Waals surface area contributed by atoms with Gasteiger partial charge in [-0.05, 0) is 56.7 Å². The number of halogens is 1. The molecule has 0 aliphatic carbocycles. The molecule has 0 aromatic heterocycles. The maximum Gasteiger partial charge on any atom is 0.255 e. The molecule has 0 unspecified atom stereocenters. The largest absolute Gasteiger partial charge is 0.353 e. The molecule has 30 heavy (non-hydrogen) atoms. The van der Waals surface area contributed by atoms with E-state index < -0.39 is 0 Å². The molecular weight excluding hydrogens is 466 g/mol. The zero-order valence-electron chi connectivity index (χ0n) is 17.5. The van der Waals surface area contributed by atoms with Crippen LogP contribution < -0.4 is 10.6 Å². The molecule has 2 aromatic carbocycles. The molecule has 2 N–H and O–H groups in total. The van der Waals surface area contributed by atoms with Crippen molar-refractivity contribution in [3.63, 3.8) is 0 Å². The maximum absolute atomic E-state index is 12.9. The van der Waals surface area contributed by atoms with Crippen LogP contribution in [0.15, 0.2) is 51.8 Å². The van der Waals surface area contributed by atoms with Crippen LogP contribution >= 0.6 is 27.7 Å². The van der Waals surface area contributed by atoms with Gasteiger partial charge in [0.2, 0.25) is 11.8 Å². The normalized spacial score (nSPS) is 10.6. The predicted octanol–water partition coefficient (Wildman–Crippen LogP) is 4.08. The number of aryl methyl sites for hydroxylation is 1. The molecule has 0 saturated heterocycles. The average Bonchev–Trinajstić information content (AvgIpc) is 2.67. The topological polar surface area (TPSA) is 78.5 Å². The first-order valence-electron chi connectivity index (χ1n) is 9.50. The Morgan fingerprint density at radius 1 is 1.10 bits per heavy atom. The SMILES string of the molecule is Cc1cc(Br)ccc1NC(=O)CN(C)C(=O)c1ccccc1SCC(=O)NC(C)C. The predicted molar refractivity (Wildman–Crippen MR) is 125 cm³/mol. The van der Waals surface area contributed by atoms with E-state index in [4.69, 9.17) is 0 Å². The minimum absolute atomic E-state index is 0.0639. The van der Waals surface area contributed by atoms with Gasteiger partial charge in [0, 0.05) is 28.1 Å². The zero-order valence-corrected chi connectivity index (χ0v) is 19.9. The summed E-state index contributed by atoms with van der Waals surface area (Å²) in [7, 11) is 1.59. The Hall–Kier alpha value is -2.32. The lowest BCUT2D eigenvalue weighted by atomic mass is 10.2. The Morgan fingerprint density at radius 3 is 2.47 bits per heavy atom. The van der Waals surface area contributed by atoms with E-state index in [1.807, 2.05) is 45.0 Å². The summed E-state index contributed by atoms with van der Waals surface area (Å²) in [4.78, 5) is 39.3. The van der Waals surface area contributed by atoms with E-state index in [1.54, 1.807) is 25.2 Å². The first-order valence-corrected chi connectivity index (χ1v) is 11.3. The second-order valence-electron chi connectivity index (χ2n) is 7.18. The molecule has 0 fully saturated rings. The first kappa shape index (κ1) is 24.0. The summed E-state index contributed by atoms with van der Waals surface area (Å²) < 4.78 is 0.932. The van der Waals surface area contributed by atoms with Gasteiger partial charge in [0.05, 0.1) is 17.9 Å². The van der Waals surface area contributed by atoms with Crippen molar-refractivity contribution < 1.29 is 14.4 Å². The molecule has 0 heterocycles. The summed E-state index contributed by atoms with van der Waals surface area (Å²) >= 11 is 4.70. The summed E-state index contributed by atoms with van der Waals surface area (Å²) in [6, 6.07) is 12.7. The number of hydrogen-bond acceptors (Lipinski definition) is 4. The Kier molecular flexibility index (Phi) is 8.92. The number of nitrogens with zero attached hydrogens (tertiary/aromatic N) is 1. The van der Waals surface area contributed by atoms with Crippen molar-refractivity contribution >= 4 is 51.1 Å². The Bertz CT molecular complexity index is 934. The van der Waals surface area contributed by atoms with Crippen molar-refractivity contribution in [1.29, 1.82) is 0 Å². The number of hydrogen-bond donors (Lipinski definition) is 2. The summed E-state index contributed by atoms with van der Waals surface area (Å²) in [5.74, 6) is -0.423. The Morgan fingerprint density at radius 2 is 1.80 bits per heavy atom. The lowest BCUT2D eigenvalue weighted by Crippen LogP contribution is -2.35. The van der Waals surface area contributed by atoms with Crippen LogP contribution in [0.3, 0.4) is 0 Å². The standard InChI is InChI=1S/C22H26BrN3O3S/c1-14(2)24-21(28)13-30-19-8-6-5-7-17(19)22(29)26(4)12-20(27)25-18-10-9-16(23)11-15(18)3/h5-11,14H,12-13H2,1-4H3,(H,24,28)(H,25,27). The number of rotatable bonds is 8. The highest BCUT2D eigenvalue weighted by atomic mass is 79.9. The van der Waals surface area contributed by atoms with E-state index in [9.17, 15) is 14.4 Å². The van der Waals surface area contributed by atoms with Gasteiger partial charge in [-0.15, -0.1) is 11.8 Å². The van der Waals surface area contributed by atoms with Gasteiger partial charge in [-0.25, -0.2) is 0 Å². The van der Waals surface area contributed by atoms with Crippen LogP contribution in [-0.2, 0) is 9.59 Å². The third-order valence-electron chi connectivity index (χ3n) is 4.12. The fourth-order valence-corrected chi connectivity index (χ4v) is 4.06. The van der Waals surface area contributed by atoms with Crippen LogP contribution in [0, 0.1) is 6.92 Å². The molecule has 160 valence electrons. The minimum Gasteiger partial charge on any atom is -0.353 e. The molecule has 0 spiro atoms. The number of benzene rings is 2. The lowest BCUT2D eigenvalue weighted by molar-refractivity contribution is -0.119. The van der Waals surface area contributed by atoms with E-state index in [-0.39, 0.29) is 36.1 Å². The van der Waals surface area contributed by atoms with Crippen LogP contribution in [0.1, 0.15) is 29.8 Å². The van der Waals surface area contributed by atoms with Crippen molar-refractivity contribution in [2.75, 3.05) is 24.7 Å². The molecule has 6 nitrogen and oxygen atoms in total. The van der Waals surface area contributed by atoms with Crippen LogP contribution in [0.5, 0.6) is 0 Å². The average molecular weight is 492 g/mol. The van der Waals surface area contributed by atoms with Crippen molar-refractivity contribution in [3.05, 3.63) is 58.1 Å². The van der Waals surface area contributed by atoms with Crippen molar-refractivity contribution in [3.8, 4) is 0 Å². The van der Waals surface area contributed by atoms with Gasteiger partial charge < -0.3 is 15.5 Å². The number of carbonyl (C=O) groups excluding carboxylic acids is 3. The summed E-state index contributed by atoms with van der Waals surface area (Å²) in [6.45, 7) is 5.62. The highest BCUT2D eigenvalue weighted by Gasteiger charge is 2.19. The van der Waals surface area contributed by atoms with Gasteiger partial charge in [-0.2, -0.15) is 0 Å². The smallest absolute Gasteiger partial charge is 0.255 e. The van der Waals surface area contributed by atoms with E-state index in [0.717, 1.165) is 10.0 Å². The van der Waals surface area contributed by atoms with E-state index in [2.05, 4.69) is 26.6 Å². The summed E-state index contributed by atoms with van der Waals surface area (Å²) in [5, 5.41) is 5.67. The van der Waals surface area contributed by atoms with Crippen LogP contribution in [0.25, 0.3) is 0 Å². The second kappa shape index (κ2) is 11.2. The van der Waals surface area contributed by atoms with Crippen molar-refractivity contribution in [2.24, 2.45) is 0 Å². The van der Waals surface area contributed by atoms with Gasteiger partial charge in [-0.1, -0.05) is 28.1 Å². The van der Waals surface area contributed by atoms with Crippen LogP contribution in [0.2, 0.25) is 0 Å². The van der Waals surface area contributed by atoms with Crippen molar-refractivity contribution in [2.45, 2.75) is 31.7 Å². The Balaban J connectivity index is 2.01. The minimum atomic E-state index is -0.280. The second-order valence-corrected chi connectivity index (χ2v) is 9.11. The molecule has 0 radical (unpaired) electrons. The van der Waals surface area contributed by atoms with E-state index >= 15 is 0 Å². The highest BCUT2D eigenvalue weighted by molar-refractivity contribution is 9.10. The highest BCUT2D eigenvalue weighted by Crippen LogP contribution is 2.24. The maximum atomic E-state index is 12.9. The monoisotopic (exact) mass is 491 g/mol. The molecular formula is C22H26BrN3O3S. The fraction of sp³-hybridized carbons (Fsp3) is 0.318. The number of amides is 3. The first-order chi connectivity index (χ1) is 14.2. The third kappa shape index (κ3) is 7.18. The van der Waals surface area contributed by atoms with Gasteiger partial charge in [0.15, 0.2) is 0 Å². The van der Waals surface area contributed by atoms with E-state index in [0.29, 0.717) is 16.1 Å². The van der Waals surface area contributed by atoms with Gasteiger partial charge in [-0.3, -0.25) is 14.4 Å². The Labute approximate surface area is 189 Å². The fourth-order valence-electron chi connectivity index (χ4n) is 2.73. The third-order valence-corrected chi connectivity index (χ3v) is 5.68. The summed E-state index contributed by atoms with van der Waals surface area (Å²) in [5.41, 5.74) is 2.10. The number of nitrogens with one attached hydrogen (secondary N) is 2. The van der Waals surface area contributed by atoms with Gasteiger partial charge >= 0.3 is 0 Å². The number of thioether (sulfide) groups is 1. The molecule has 0 bridgehead atoms. The van der Waals surface area contributed by atoms with Gasteiger partial charge in [0.1, 0.15) is 0 Å². The molecule has 8 heteroatoms. The lowest BCUT2D eigenvalue weighted by Gasteiger charge is -2.19. The zero-order chi connectivity index (χ0) is 22.3. The van der Waals surface area contributed by atoms with Crippen molar-refractivity contribution in [1.82, 2.24) is 10.2 Å². The molecule has 2 rings (SSSR count). The van der Waals surface area contributed by atoms with Gasteiger partial charge in [0.25, 0.3) is 5.91 Å². The van der Waals surface area contributed by atoms with E-state index in [1.165, 1.54) is 16.7 Å². The summed E-state index contributed by atoms with van der Waals surface area (Å²) in [6.07, 6.45) is 0. The quantitative estimate of drug-likeness (QED) is 0.545. The van der Waals surface area contributed by atoms with Crippen LogP contribution in [0.4, 0.5) is 5.69 Å². The molecule has 0 aliphatic rings. The molecule has 0 aliphatic heterocycles. The molecule has 3 amide bonds. The number of carbonyl (C=O) groups is 3. The molecule has 0 atom stereocenters. The molecule has 2 aromatic rings.